The Morgan fingerprint density at radius 3 is 2.43 bits per heavy atom. The molecule has 0 bridgehead atoms. The number of fused-ring (bicyclic) bond motifs is 2. The molecule has 1 saturated heterocycles. The largest absolute Gasteiger partial charge is 0.417 e. The number of alkyl halides is 3. The van der Waals surface area contributed by atoms with Gasteiger partial charge in [0.2, 0.25) is 0 Å². The van der Waals surface area contributed by atoms with E-state index in [2.05, 4.69) is 20.8 Å². The highest BCUT2D eigenvalue weighted by Crippen LogP contribution is 2.34. The maximum absolute atomic E-state index is 13.3. The van der Waals surface area contributed by atoms with Crippen LogP contribution in [-0.4, -0.2) is 53.1 Å². The predicted molar refractivity (Wildman–Crippen MR) is 124 cm³/mol. The first-order chi connectivity index (χ1) is 16.7. The fraction of sp³-hybridized carbons (Fsp3) is 0.250. The lowest BCUT2D eigenvalue weighted by molar-refractivity contribution is -0.138. The monoisotopic (exact) mass is 482 g/mol. The number of aromatic nitrogens is 2. The van der Waals surface area contributed by atoms with Gasteiger partial charge in [-0.1, -0.05) is 18.2 Å². The van der Waals surface area contributed by atoms with Crippen molar-refractivity contribution in [1.82, 2.24) is 15.1 Å². The summed E-state index contributed by atoms with van der Waals surface area (Å²) >= 11 is 0. The van der Waals surface area contributed by atoms with E-state index in [4.69, 9.17) is 0 Å². The van der Waals surface area contributed by atoms with Gasteiger partial charge in [-0.05, 0) is 42.8 Å². The lowest BCUT2D eigenvalue weighted by Gasteiger charge is -2.35. The molecule has 0 unspecified atom stereocenters. The fourth-order valence-electron chi connectivity index (χ4n) is 4.21. The Morgan fingerprint density at radius 1 is 0.943 bits per heavy atom. The van der Waals surface area contributed by atoms with Gasteiger partial charge in [0.05, 0.1) is 28.1 Å². The Kier molecular flexibility index (Phi) is 5.54. The zero-order valence-corrected chi connectivity index (χ0v) is 18.7. The van der Waals surface area contributed by atoms with Crippen LogP contribution in [0.4, 0.5) is 36.2 Å². The van der Waals surface area contributed by atoms with Crippen LogP contribution in [-0.2, 0) is 6.18 Å². The van der Waals surface area contributed by atoms with Gasteiger partial charge in [0, 0.05) is 26.2 Å². The SMILES string of the molecule is Cc1ccc2c(c1)NC(=O)c1cc(N3CCN(C(=O)c4ccccc4C(F)(F)F)CC3)nnc1N2. The van der Waals surface area contributed by atoms with Gasteiger partial charge in [0.15, 0.2) is 11.6 Å². The first-order valence-corrected chi connectivity index (χ1v) is 11.0. The average Bonchev–Trinajstić information content (AvgIpc) is 2.98. The Balaban J connectivity index is 1.31. The second-order valence-corrected chi connectivity index (χ2v) is 8.42. The molecule has 180 valence electrons. The van der Waals surface area contributed by atoms with E-state index in [1.807, 2.05) is 30.0 Å². The summed E-state index contributed by atoms with van der Waals surface area (Å²) < 4.78 is 40.0. The van der Waals surface area contributed by atoms with Crippen LogP contribution in [0.2, 0.25) is 0 Å². The van der Waals surface area contributed by atoms with Gasteiger partial charge >= 0.3 is 6.18 Å². The van der Waals surface area contributed by atoms with Crippen LogP contribution >= 0.6 is 0 Å². The molecule has 3 heterocycles. The molecule has 1 fully saturated rings. The molecule has 8 nitrogen and oxygen atoms in total. The van der Waals surface area contributed by atoms with Crippen molar-refractivity contribution in [2.75, 3.05) is 41.7 Å². The minimum atomic E-state index is -4.61. The quantitative estimate of drug-likeness (QED) is 0.572. The second-order valence-electron chi connectivity index (χ2n) is 8.42. The number of aryl methyl sites for hydroxylation is 1. The molecule has 0 spiro atoms. The fourth-order valence-corrected chi connectivity index (χ4v) is 4.21. The molecule has 5 rings (SSSR count). The highest BCUT2D eigenvalue weighted by atomic mass is 19.4. The van der Waals surface area contributed by atoms with Crippen LogP contribution in [0.15, 0.2) is 48.5 Å². The van der Waals surface area contributed by atoms with Crippen molar-refractivity contribution in [3.05, 3.63) is 70.8 Å². The molecule has 2 N–H and O–H groups in total. The number of nitrogens with zero attached hydrogens (tertiary/aromatic N) is 4. The topological polar surface area (TPSA) is 90.5 Å². The number of hydrogen-bond acceptors (Lipinski definition) is 6. The van der Waals surface area contributed by atoms with Crippen molar-refractivity contribution in [2.24, 2.45) is 0 Å². The summed E-state index contributed by atoms with van der Waals surface area (Å²) in [6.07, 6.45) is -4.61. The normalized spacial score (nSPS) is 15.5. The number of nitrogens with one attached hydrogen (secondary N) is 2. The van der Waals surface area contributed by atoms with Gasteiger partial charge in [-0.2, -0.15) is 13.2 Å². The number of hydrogen-bond donors (Lipinski definition) is 2. The lowest BCUT2D eigenvalue weighted by atomic mass is 10.1. The number of halogens is 3. The zero-order valence-electron chi connectivity index (χ0n) is 18.7. The molecule has 3 aromatic rings. The molecular weight excluding hydrogens is 461 g/mol. The van der Waals surface area contributed by atoms with Crippen molar-refractivity contribution in [3.63, 3.8) is 0 Å². The first-order valence-electron chi connectivity index (χ1n) is 11.0. The van der Waals surface area contributed by atoms with Gasteiger partial charge in [-0.25, -0.2) is 0 Å². The second kappa shape index (κ2) is 8.57. The minimum absolute atomic E-state index is 0.207. The van der Waals surface area contributed by atoms with Gasteiger partial charge in [-0.15, -0.1) is 10.2 Å². The molecule has 2 amide bonds. The molecule has 2 aromatic carbocycles. The summed E-state index contributed by atoms with van der Waals surface area (Å²) in [7, 11) is 0. The zero-order chi connectivity index (χ0) is 24.7. The summed E-state index contributed by atoms with van der Waals surface area (Å²) in [5.41, 5.74) is 1.35. The summed E-state index contributed by atoms with van der Waals surface area (Å²) in [4.78, 5) is 28.9. The molecule has 0 saturated carbocycles. The molecule has 2 aliphatic rings. The number of amides is 2. The third kappa shape index (κ3) is 4.36. The van der Waals surface area contributed by atoms with E-state index in [0.29, 0.717) is 41.7 Å². The number of benzene rings is 2. The Bertz CT molecular complexity index is 1320. The predicted octanol–water partition coefficient (Wildman–Crippen LogP) is 4.08. The summed E-state index contributed by atoms with van der Waals surface area (Å²) in [6.45, 7) is 3.01. The third-order valence-electron chi connectivity index (χ3n) is 6.06. The van der Waals surface area contributed by atoms with Crippen molar-refractivity contribution in [2.45, 2.75) is 13.1 Å². The van der Waals surface area contributed by atoms with E-state index in [1.165, 1.54) is 23.1 Å². The number of carbonyl (C=O) groups excluding carboxylic acids is 2. The highest BCUT2D eigenvalue weighted by molar-refractivity contribution is 6.11. The van der Waals surface area contributed by atoms with E-state index in [0.717, 1.165) is 11.6 Å². The van der Waals surface area contributed by atoms with Gasteiger partial charge in [0.25, 0.3) is 11.8 Å². The first kappa shape index (κ1) is 22.6. The molecular formula is C24H21F3N6O2. The van der Waals surface area contributed by atoms with E-state index < -0.39 is 17.6 Å². The third-order valence-corrected chi connectivity index (χ3v) is 6.06. The number of rotatable bonds is 2. The van der Waals surface area contributed by atoms with E-state index in [-0.39, 0.29) is 24.6 Å². The van der Waals surface area contributed by atoms with E-state index in [1.54, 1.807) is 6.07 Å². The van der Waals surface area contributed by atoms with E-state index >= 15 is 0 Å². The molecule has 35 heavy (non-hydrogen) atoms. The number of piperazine rings is 1. The van der Waals surface area contributed by atoms with Crippen LogP contribution in [0.1, 0.15) is 31.8 Å². The van der Waals surface area contributed by atoms with Gasteiger partial charge in [0.1, 0.15) is 0 Å². The average molecular weight is 482 g/mol. The molecule has 11 heteroatoms. The molecule has 0 aliphatic carbocycles. The summed E-state index contributed by atoms with van der Waals surface area (Å²) in [5.74, 6) is -0.218. The summed E-state index contributed by atoms with van der Waals surface area (Å²) in [6, 6.07) is 12.0. The van der Waals surface area contributed by atoms with Crippen LogP contribution in [0.5, 0.6) is 0 Å². The van der Waals surface area contributed by atoms with Crippen LogP contribution in [0, 0.1) is 6.92 Å². The Hall–Kier alpha value is -4.15. The highest BCUT2D eigenvalue weighted by Gasteiger charge is 2.36. The maximum atomic E-state index is 13.3. The standard InChI is InChI=1S/C24H21F3N6O2/c1-14-6-7-18-19(12-14)29-22(34)16-13-20(30-31-21(16)28-18)32-8-10-33(11-9-32)23(35)15-4-2-3-5-17(15)24(25,26)27/h2-7,12-13H,8-11H2,1H3,(H,28,31)(H,29,34). The molecule has 0 atom stereocenters. The maximum Gasteiger partial charge on any atom is 0.417 e. The number of carbonyl (C=O) groups is 2. The van der Waals surface area contributed by atoms with Crippen molar-refractivity contribution >= 4 is 34.8 Å². The molecule has 1 aromatic heterocycles. The molecule has 2 aliphatic heterocycles. The number of anilines is 4. The van der Waals surface area contributed by atoms with Crippen LogP contribution in [0.3, 0.4) is 0 Å². The van der Waals surface area contributed by atoms with Gasteiger partial charge in [-0.3, -0.25) is 9.59 Å². The van der Waals surface area contributed by atoms with E-state index in [9.17, 15) is 22.8 Å². The van der Waals surface area contributed by atoms with Gasteiger partial charge < -0.3 is 20.4 Å². The van der Waals surface area contributed by atoms with Crippen molar-refractivity contribution < 1.29 is 22.8 Å². The summed E-state index contributed by atoms with van der Waals surface area (Å²) in [5, 5.41) is 14.4. The molecule has 0 radical (unpaired) electrons. The van der Waals surface area contributed by atoms with Crippen molar-refractivity contribution in [3.8, 4) is 0 Å². The Morgan fingerprint density at radius 2 is 1.69 bits per heavy atom. The smallest absolute Gasteiger partial charge is 0.352 e. The van der Waals surface area contributed by atoms with Crippen molar-refractivity contribution in [1.29, 1.82) is 0 Å². The van der Waals surface area contributed by atoms with Crippen LogP contribution < -0.4 is 15.5 Å². The Labute approximate surface area is 198 Å². The lowest BCUT2D eigenvalue weighted by Crippen LogP contribution is -2.49. The van der Waals surface area contributed by atoms with Crippen LogP contribution in [0.25, 0.3) is 0 Å². The minimum Gasteiger partial charge on any atom is -0.352 e.